The second kappa shape index (κ2) is 3.39. The first kappa shape index (κ1) is 8.08. The Morgan fingerprint density at radius 1 is 1.55 bits per heavy atom. The quantitative estimate of drug-likeness (QED) is 0.658. The SMILES string of the molecule is C/C=C/[C@@H](N)c1ccc(C)o1. The molecule has 0 amide bonds. The third-order valence-electron chi connectivity index (χ3n) is 1.49. The van der Waals surface area contributed by atoms with Crippen LogP contribution in [0.25, 0.3) is 0 Å². The summed E-state index contributed by atoms with van der Waals surface area (Å²) in [4.78, 5) is 0. The van der Waals surface area contributed by atoms with Gasteiger partial charge in [0.1, 0.15) is 11.5 Å². The smallest absolute Gasteiger partial charge is 0.124 e. The van der Waals surface area contributed by atoms with Crippen LogP contribution in [0.4, 0.5) is 0 Å². The molecule has 11 heavy (non-hydrogen) atoms. The molecule has 0 saturated carbocycles. The topological polar surface area (TPSA) is 39.2 Å². The number of hydrogen-bond donors (Lipinski definition) is 1. The van der Waals surface area contributed by atoms with E-state index in [-0.39, 0.29) is 6.04 Å². The summed E-state index contributed by atoms with van der Waals surface area (Å²) < 4.78 is 5.32. The van der Waals surface area contributed by atoms with Gasteiger partial charge in [-0.05, 0) is 26.0 Å². The maximum Gasteiger partial charge on any atom is 0.124 e. The van der Waals surface area contributed by atoms with Crippen molar-refractivity contribution in [1.29, 1.82) is 0 Å². The fourth-order valence-corrected chi connectivity index (χ4v) is 0.935. The van der Waals surface area contributed by atoms with Gasteiger partial charge in [0.15, 0.2) is 0 Å². The minimum absolute atomic E-state index is 0.103. The number of furan rings is 1. The molecular formula is C9H13NO. The summed E-state index contributed by atoms with van der Waals surface area (Å²) >= 11 is 0. The molecule has 2 N–H and O–H groups in total. The van der Waals surface area contributed by atoms with Crippen molar-refractivity contribution >= 4 is 0 Å². The molecule has 0 saturated heterocycles. The zero-order valence-electron chi connectivity index (χ0n) is 6.87. The molecule has 0 aromatic carbocycles. The Morgan fingerprint density at radius 2 is 2.27 bits per heavy atom. The van der Waals surface area contributed by atoms with Crippen molar-refractivity contribution in [2.45, 2.75) is 19.9 Å². The Bertz CT molecular complexity index is 250. The Labute approximate surface area is 66.7 Å². The lowest BCUT2D eigenvalue weighted by atomic mass is 10.2. The molecular weight excluding hydrogens is 138 g/mol. The third-order valence-corrected chi connectivity index (χ3v) is 1.49. The molecule has 0 fully saturated rings. The van der Waals surface area contributed by atoms with Crippen LogP contribution in [0.5, 0.6) is 0 Å². The highest BCUT2D eigenvalue weighted by molar-refractivity contribution is 5.13. The first-order valence-electron chi connectivity index (χ1n) is 3.68. The Hall–Kier alpha value is -1.02. The predicted octanol–water partition coefficient (Wildman–Crippen LogP) is 2.16. The van der Waals surface area contributed by atoms with E-state index < -0.39 is 0 Å². The number of nitrogens with two attached hydrogens (primary N) is 1. The van der Waals surface area contributed by atoms with Gasteiger partial charge in [-0.1, -0.05) is 12.2 Å². The first-order chi connectivity index (χ1) is 5.24. The van der Waals surface area contributed by atoms with Gasteiger partial charge in [0.2, 0.25) is 0 Å². The molecule has 0 unspecified atom stereocenters. The standard InChI is InChI=1S/C9H13NO/c1-3-4-8(10)9-6-5-7(2)11-9/h3-6,8H,10H2,1-2H3/b4-3+/t8-/m1/s1. The molecule has 1 rings (SSSR count). The predicted molar refractivity (Wildman–Crippen MR) is 45.2 cm³/mol. The number of rotatable bonds is 2. The Kier molecular flexibility index (Phi) is 2.49. The lowest BCUT2D eigenvalue weighted by Gasteiger charge is -1.99. The second-order valence-electron chi connectivity index (χ2n) is 2.50. The van der Waals surface area contributed by atoms with Crippen LogP contribution >= 0.6 is 0 Å². The molecule has 0 aliphatic carbocycles. The molecule has 2 nitrogen and oxygen atoms in total. The zero-order chi connectivity index (χ0) is 8.27. The van der Waals surface area contributed by atoms with E-state index in [4.69, 9.17) is 10.2 Å². The molecule has 1 heterocycles. The van der Waals surface area contributed by atoms with E-state index in [0.29, 0.717) is 0 Å². The summed E-state index contributed by atoms with van der Waals surface area (Å²) in [5, 5.41) is 0. The molecule has 1 aromatic rings. The summed E-state index contributed by atoms with van der Waals surface area (Å²) in [5.74, 6) is 1.72. The first-order valence-corrected chi connectivity index (χ1v) is 3.68. The number of hydrogen-bond acceptors (Lipinski definition) is 2. The van der Waals surface area contributed by atoms with E-state index in [9.17, 15) is 0 Å². The van der Waals surface area contributed by atoms with Crippen molar-refractivity contribution in [3.05, 3.63) is 35.8 Å². The van der Waals surface area contributed by atoms with Gasteiger partial charge >= 0.3 is 0 Å². The fraction of sp³-hybridized carbons (Fsp3) is 0.333. The van der Waals surface area contributed by atoms with Crippen LogP contribution in [0.1, 0.15) is 24.5 Å². The lowest BCUT2D eigenvalue weighted by molar-refractivity contribution is 0.469. The van der Waals surface area contributed by atoms with Crippen molar-refractivity contribution in [3.63, 3.8) is 0 Å². The molecule has 0 aliphatic rings. The summed E-state index contributed by atoms with van der Waals surface area (Å²) in [6.45, 7) is 3.85. The Morgan fingerprint density at radius 3 is 2.73 bits per heavy atom. The van der Waals surface area contributed by atoms with E-state index in [2.05, 4.69) is 0 Å². The maximum absolute atomic E-state index is 5.74. The van der Waals surface area contributed by atoms with Crippen LogP contribution in [0, 0.1) is 6.92 Å². The van der Waals surface area contributed by atoms with Crippen LogP contribution in [-0.4, -0.2) is 0 Å². The molecule has 0 aliphatic heterocycles. The van der Waals surface area contributed by atoms with Crippen molar-refractivity contribution in [2.24, 2.45) is 5.73 Å². The van der Waals surface area contributed by atoms with Crippen molar-refractivity contribution in [3.8, 4) is 0 Å². The van der Waals surface area contributed by atoms with Crippen molar-refractivity contribution in [2.75, 3.05) is 0 Å². The van der Waals surface area contributed by atoms with E-state index in [1.54, 1.807) is 0 Å². The summed E-state index contributed by atoms with van der Waals surface area (Å²) in [7, 11) is 0. The second-order valence-corrected chi connectivity index (χ2v) is 2.50. The van der Waals surface area contributed by atoms with Crippen LogP contribution in [0.3, 0.4) is 0 Å². The minimum atomic E-state index is -0.103. The normalized spacial score (nSPS) is 14.1. The molecule has 0 spiro atoms. The van der Waals surface area contributed by atoms with E-state index in [0.717, 1.165) is 11.5 Å². The molecule has 1 aromatic heterocycles. The maximum atomic E-state index is 5.74. The van der Waals surface area contributed by atoms with Gasteiger partial charge in [-0.25, -0.2) is 0 Å². The molecule has 2 heteroatoms. The van der Waals surface area contributed by atoms with Gasteiger partial charge in [0.25, 0.3) is 0 Å². The van der Waals surface area contributed by atoms with Gasteiger partial charge in [-0.15, -0.1) is 0 Å². The summed E-state index contributed by atoms with van der Waals surface area (Å²) in [5.41, 5.74) is 5.74. The minimum Gasteiger partial charge on any atom is -0.464 e. The van der Waals surface area contributed by atoms with Crippen LogP contribution in [0.15, 0.2) is 28.7 Å². The van der Waals surface area contributed by atoms with Crippen LogP contribution in [-0.2, 0) is 0 Å². The van der Waals surface area contributed by atoms with Gasteiger partial charge in [-0.3, -0.25) is 0 Å². The molecule has 60 valence electrons. The Balaban J connectivity index is 2.76. The monoisotopic (exact) mass is 151 g/mol. The largest absolute Gasteiger partial charge is 0.464 e. The average molecular weight is 151 g/mol. The molecule has 0 radical (unpaired) electrons. The van der Waals surface area contributed by atoms with E-state index in [1.165, 1.54) is 0 Å². The van der Waals surface area contributed by atoms with Gasteiger partial charge in [-0.2, -0.15) is 0 Å². The van der Waals surface area contributed by atoms with Gasteiger partial charge < -0.3 is 10.2 Å². The van der Waals surface area contributed by atoms with Gasteiger partial charge in [0.05, 0.1) is 6.04 Å². The molecule has 0 bridgehead atoms. The van der Waals surface area contributed by atoms with E-state index in [1.807, 2.05) is 38.1 Å². The number of aryl methyl sites for hydroxylation is 1. The van der Waals surface area contributed by atoms with Crippen LogP contribution in [0.2, 0.25) is 0 Å². The van der Waals surface area contributed by atoms with Gasteiger partial charge in [0, 0.05) is 0 Å². The molecule has 1 atom stereocenters. The summed E-state index contributed by atoms with van der Waals surface area (Å²) in [6.07, 6.45) is 3.82. The fourth-order valence-electron chi connectivity index (χ4n) is 0.935. The highest BCUT2D eigenvalue weighted by Crippen LogP contribution is 2.14. The highest BCUT2D eigenvalue weighted by Gasteiger charge is 2.04. The van der Waals surface area contributed by atoms with E-state index >= 15 is 0 Å². The lowest BCUT2D eigenvalue weighted by Crippen LogP contribution is -2.04. The van der Waals surface area contributed by atoms with Crippen LogP contribution < -0.4 is 5.73 Å². The average Bonchev–Trinajstić information content (AvgIpc) is 2.36. The zero-order valence-corrected chi connectivity index (χ0v) is 6.87. The summed E-state index contributed by atoms with van der Waals surface area (Å²) in [6, 6.07) is 3.72. The number of allylic oxidation sites excluding steroid dienone is 1. The highest BCUT2D eigenvalue weighted by atomic mass is 16.3. The third kappa shape index (κ3) is 1.95. The van der Waals surface area contributed by atoms with Crippen molar-refractivity contribution < 1.29 is 4.42 Å². The van der Waals surface area contributed by atoms with Crippen molar-refractivity contribution in [1.82, 2.24) is 0 Å².